The third kappa shape index (κ3) is 6.43. The summed E-state index contributed by atoms with van der Waals surface area (Å²) in [6, 6.07) is -1.30. The lowest BCUT2D eigenvalue weighted by Crippen LogP contribution is -2.56. The fourth-order valence-electron chi connectivity index (χ4n) is 2.18. The minimum absolute atomic E-state index is 0.414. The maximum Gasteiger partial charge on any atom is 0.407 e. The summed E-state index contributed by atoms with van der Waals surface area (Å²) in [4.78, 5) is 35.5. The smallest absolute Gasteiger partial charge is 0.407 e. The predicted molar refractivity (Wildman–Crippen MR) is 81.8 cm³/mol. The molecule has 1 aliphatic heterocycles. The zero-order chi connectivity index (χ0) is 17.6. The van der Waals surface area contributed by atoms with E-state index in [1.807, 2.05) is 0 Å². The summed E-state index contributed by atoms with van der Waals surface area (Å²) < 4.78 is 15.2. The van der Waals surface area contributed by atoms with E-state index in [0.717, 1.165) is 6.42 Å². The van der Waals surface area contributed by atoms with E-state index in [2.05, 4.69) is 15.4 Å². The Labute approximate surface area is 136 Å². The number of rotatable bonds is 4. The van der Waals surface area contributed by atoms with Gasteiger partial charge in [-0.25, -0.2) is 9.59 Å². The van der Waals surface area contributed by atoms with Crippen molar-refractivity contribution < 1.29 is 28.6 Å². The van der Waals surface area contributed by atoms with E-state index in [1.54, 1.807) is 20.8 Å². The number of methoxy groups -OCH3 is 1. The summed E-state index contributed by atoms with van der Waals surface area (Å²) >= 11 is 0. The third-order valence-corrected chi connectivity index (χ3v) is 3.20. The number of carbonyl (C=O) groups excluding carboxylic acids is 3. The highest BCUT2D eigenvalue weighted by Gasteiger charge is 2.35. The fourth-order valence-corrected chi connectivity index (χ4v) is 2.18. The second-order valence-electron chi connectivity index (χ2n) is 6.44. The average Bonchev–Trinajstić information content (AvgIpc) is 2.44. The summed E-state index contributed by atoms with van der Waals surface area (Å²) in [6.07, 6.45) is -0.170. The van der Waals surface area contributed by atoms with Gasteiger partial charge in [-0.15, -0.1) is 0 Å². The van der Waals surface area contributed by atoms with Gasteiger partial charge in [0.15, 0.2) is 6.10 Å². The van der Waals surface area contributed by atoms with Crippen LogP contribution in [-0.4, -0.2) is 55.5 Å². The van der Waals surface area contributed by atoms with Gasteiger partial charge in [-0.1, -0.05) is 0 Å². The van der Waals surface area contributed by atoms with E-state index < -0.39 is 41.8 Å². The van der Waals surface area contributed by atoms with E-state index in [1.165, 1.54) is 14.0 Å². The molecule has 2 amide bonds. The average molecular weight is 330 g/mol. The van der Waals surface area contributed by atoms with Gasteiger partial charge in [-0.3, -0.25) is 4.79 Å². The van der Waals surface area contributed by atoms with Crippen molar-refractivity contribution in [2.75, 3.05) is 13.7 Å². The van der Waals surface area contributed by atoms with Gasteiger partial charge in [-0.05, 0) is 40.5 Å². The Hall–Kier alpha value is -1.83. The van der Waals surface area contributed by atoms with Crippen LogP contribution < -0.4 is 10.6 Å². The highest BCUT2D eigenvalue weighted by atomic mass is 16.6. The van der Waals surface area contributed by atoms with Gasteiger partial charge >= 0.3 is 12.1 Å². The van der Waals surface area contributed by atoms with E-state index >= 15 is 0 Å². The maximum absolute atomic E-state index is 12.3. The molecule has 132 valence electrons. The molecule has 0 aliphatic carbocycles. The summed E-state index contributed by atoms with van der Waals surface area (Å²) in [5.74, 6) is -1.02. The monoisotopic (exact) mass is 330 g/mol. The molecule has 8 heteroatoms. The van der Waals surface area contributed by atoms with Gasteiger partial charge in [0.25, 0.3) is 5.91 Å². The Morgan fingerprint density at radius 1 is 1.26 bits per heavy atom. The van der Waals surface area contributed by atoms with Crippen molar-refractivity contribution in [3.05, 3.63) is 0 Å². The van der Waals surface area contributed by atoms with Crippen molar-refractivity contribution in [2.24, 2.45) is 0 Å². The van der Waals surface area contributed by atoms with Crippen LogP contribution in [0.4, 0.5) is 4.79 Å². The van der Waals surface area contributed by atoms with Gasteiger partial charge in [0, 0.05) is 6.61 Å². The summed E-state index contributed by atoms with van der Waals surface area (Å²) in [5.41, 5.74) is -0.628. The second kappa shape index (κ2) is 8.14. The zero-order valence-corrected chi connectivity index (χ0v) is 14.3. The SMILES string of the molecule is COC(=O)[C@@H](C)NC(=O)[C@H]1OCCC[C@@H]1NC(=O)OC(C)(C)C. The minimum atomic E-state index is -0.872. The Kier molecular flexibility index (Phi) is 6.80. The van der Waals surface area contributed by atoms with E-state index in [4.69, 9.17) is 9.47 Å². The van der Waals surface area contributed by atoms with Gasteiger partial charge in [-0.2, -0.15) is 0 Å². The van der Waals surface area contributed by atoms with Crippen LogP contribution >= 0.6 is 0 Å². The molecule has 23 heavy (non-hydrogen) atoms. The fraction of sp³-hybridized carbons (Fsp3) is 0.800. The molecule has 0 aromatic rings. The normalized spacial score (nSPS) is 22.7. The molecule has 0 aromatic carbocycles. The molecule has 1 fully saturated rings. The molecule has 0 unspecified atom stereocenters. The van der Waals surface area contributed by atoms with Gasteiger partial charge in [0.05, 0.1) is 13.2 Å². The van der Waals surface area contributed by atoms with Crippen LogP contribution in [0.15, 0.2) is 0 Å². The lowest BCUT2D eigenvalue weighted by Gasteiger charge is -2.32. The number of amides is 2. The highest BCUT2D eigenvalue weighted by Crippen LogP contribution is 2.16. The Balaban J connectivity index is 2.65. The predicted octanol–water partition coefficient (Wildman–Crippen LogP) is 0.736. The van der Waals surface area contributed by atoms with E-state index in [-0.39, 0.29) is 0 Å². The van der Waals surface area contributed by atoms with Crippen molar-refractivity contribution >= 4 is 18.0 Å². The van der Waals surface area contributed by atoms with Gasteiger partial charge in [0.1, 0.15) is 11.6 Å². The first-order valence-corrected chi connectivity index (χ1v) is 7.63. The number of alkyl carbamates (subject to hydrolysis) is 1. The van der Waals surface area contributed by atoms with Crippen molar-refractivity contribution in [1.82, 2.24) is 10.6 Å². The number of nitrogens with one attached hydrogen (secondary N) is 2. The molecule has 1 aliphatic rings. The molecule has 0 spiro atoms. The number of carbonyl (C=O) groups is 3. The van der Waals surface area contributed by atoms with Crippen LogP contribution in [0.5, 0.6) is 0 Å². The van der Waals surface area contributed by atoms with Crippen LogP contribution in [0.2, 0.25) is 0 Å². The Morgan fingerprint density at radius 3 is 2.48 bits per heavy atom. The molecule has 1 saturated heterocycles. The van der Waals surface area contributed by atoms with Crippen LogP contribution in [0.3, 0.4) is 0 Å². The van der Waals surface area contributed by atoms with Crippen LogP contribution in [0.1, 0.15) is 40.5 Å². The van der Waals surface area contributed by atoms with Crippen molar-refractivity contribution in [3.63, 3.8) is 0 Å². The number of hydrogen-bond donors (Lipinski definition) is 2. The van der Waals surface area contributed by atoms with Crippen molar-refractivity contribution in [2.45, 2.75) is 64.3 Å². The molecule has 0 bridgehead atoms. The van der Waals surface area contributed by atoms with E-state index in [0.29, 0.717) is 13.0 Å². The molecule has 2 N–H and O–H groups in total. The van der Waals surface area contributed by atoms with Crippen molar-refractivity contribution in [1.29, 1.82) is 0 Å². The van der Waals surface area contributed by atoms with Crippen LogP contribution in [0.25, 0.3) is 0 Å². The Bertz CT molecular complexity index is 446. The first kappa shape index (κ1) is 19.2. The second-order valence-corrected chi connectivity index (χ2v) is 6.44. The quantitative estimate of drug-likeness (QED) is 0.737. The third-order valence-electron chi connectivity index (χ3n) is 3.20. The van der Waals surface area contributed by atoms with Gasteiger partial charge in [0.2, 0.25) is 0 Å². The molecule has 0 saturated carbocycles. The molecule has 1 rings (SSSR count). The molecule has 3 atom stereocenters. The maximum atomic E-state index is 12.3. The lowest BCUT2D eigenvalue weighted by atomic mass is 10.0. The number of hydrogen-bond acceptors (Lipinski definition) is 6. The summed E-state index contributed by atoms with van der Waals surface area (Å²) in [6.45, 7) is 7.20. The molecule has 0 radical (unpaired) electrons. The topological polar surface area (TPSA) is 103 Å². The van der Waals surface area contributed by atoms with E-state index in [9.17, 15) is 14.4 Å². The summed E-state index contributed by atoms with van der Waals surface area (Å²) in [7, 11) is 1.25. The van der Waals surface area contributed by atoms with Crippen LogP contribution in [0, 0.1) is 0 Å². The van der Waals surface area contributed by atoms with Crippen LogP contribution in [-0.2, 0) is 23.8 Å². The standard InChI is InChI=1S/C15H26N2O6/c1-9(13(19)21-5)16-12(18)11-10(7-6-8-22-11)17-14(20)23-15(2,3)4/h9-11H,6-8H2,1-5H3,(H,16,18)(H,17,20)/t9-,10+,11+/m1/s1. The minimum Gasteiger partial charge on any atom is -0.467 e. The van der Waals surface area contributed by atoms with Gasteiger partial charge < -0.3 is 24.8 Å². The number of esters is 1. The Morgan fingerprint density at radius 2 is 1.91 bits per heavy atom. The first-order valence-electron chi connectivity index (χ1n) is 7.63. The first-order chi connectivity index (χ1) is 10.6. The largest absolute Gasteiger partial charge is 0.467 e. The molecule has 1 heterocycles. The summed E-state index contributed by atoms with van der Waals surface area (Å²) in [5, 5.41) is 5.18. The highest BCUT2D eigenvalue weighted by molar-refractivity contribution is 5.87. The molecule has 0 aromatic heterocycles. The molecular weight excluding hydrogens is 304 g/mol. The molecule has 8 nitrogen and oxygen atoms in total. The lowest BCUT2D eigenvalue weighted by molar-refractivity contribution is -0.148. The van der Waals surface area contributed by atoms with Crippen molar-refractivity contribution in [3.8, 4) is 0 Å². The molecular formula is C15H26N2O6. The number of ether oxygens (including phenoxy) is 3. The zero-order valence-electron chi connectivity index (χ0n) is 14.3.